The van der Waals surface area contributed by atoms with Crippen LogP contribution in [0.1, 0.15) is 50.0 Å². The second kappa shape index (κ2) is 7.57. The summed E-state index contributed by atoms with van der Waals surface area (Å²) in [6, 6.07) is 5.48. The van der Waals surface area contributed by atoms with Crippen LogP contribution in [-0.4, -0.2) is 45.6 Å². The van der Waals surface area contributed by atoms with E-state index in [9.17, 15) is 9.59 Å². The number of carbonyl (C=O) groups excluding carboxylic acids is 1. The maximum atomic E-state index is 12.7. The number of rotatable bonds is 4. The first-order chi connectivity index (χ1) is 13.6. The minimum absolute atomic E-state index is 0.0847. The van der Waals surface area contributed by atoms with Gasteiger partial charge in [0, 0.05) is 25.6 Å². The number of piperidine rings is 1. The van der Waals surface area contributed by atoms with Gasteiger partial charge in [-0.2, -0.15) is 5.10 Å². The molecule has 1 saturated heterocycles. The summed E-state index contributed by atoms with van der Waals surface area (Å²) >= 11 is 0. The Hall–Kier alpha value is -2.97. The zero-order valence-corrected chi connectivity index (χ0v) is 16.1. The Bertz CT molecular complexity index is 913. The van der Waals surface area contributed by atoms with Crippen molar-refractivity contribution in [2.75, 3.05) is 19.9 Å². The highest BCUT2D eigenvalue weighted by atomic mass is 16.7. The number of amides is 2. The number of benzene rings is 1. The standard InChI is InChI=1S/C19H25N5O4/c1-3-24-17(21-22-19(24)26)13-6-8-23(9-7-13)18(25)20-12(2)14-4-5-15-16(10-14)28-11-27-15/h4-5,10,12-13H,3,6-9,11H2,1-2H3,(H,20,25)(H,22,26). The van der Waals surface area contributed by atoms with Crippen molar-refractivity contribution in [3.8, 4) is 11.5 Å². The molecule has 4 rings (SSSR count). The molecule has 1 fully saturated rings. The van der Waals surface area contributed by atoms with Gasteiger partial charge in [0.25, 0.3) is 0 Å². The number of urea groups is 1. The number of nitrogens with zero attached hydrogens (tertiary/aromatic N) is 3. The van der Waals surface area contributed by atoms with Crippen molar-refractivity contribution in [3.63, 3.8) is 0 Å². The third kappa shape index (κ3) is 3.44. The van der Waals surface area contributed by atoms with Crippen molar-refractivity contribution in [1.82, 2.24) is 25.0 Å². The number of nitrogens with one attached hydrogen (secondary N) is 2. The molecule has 1 atom stereocenters. The van der Waals surface area contributed by atoms with E-state index in [4.69, 9.17) is 9.47 Å². The third-order valence-electron chi connectivity index (χ3n) is 5.49. The van der Waals surface area contributed by atoms with Crippen molar-refractivity contribution in [1.29, 1.82) is 0 Å². The van der Waals surface area contributed by atoms with Crippen LogP contribution in [0.5, 0.6) is 11.5 Å². The van der Waals surface area contributed by atoms with E-state index in [2.05, 4.69) is 15.5 Å². The molecule has 1 aromatic carbocycles. The molecule has 150 valence electrons. The first-order valence-electron chi connectivity index (χ1n) is 9.67. The van der Waals surface area contributed by atoms with E-state index < -0.39 is 0 Å². The molecular formula is C19H25N5O4. The third-order valence-corrected chi connectivity index (χ3v) is 5.49. The van der Waals surface area contributed by atoms with Crippen molar-refractivity contribution in [2.45, 2.75) is 45.2 Å². The molecule has 0 aliphatic carbocycles. The van der Waals surface area contributed by atoms with Gasteiger partial charge in [0.1, 0.15) is 5.82 Å². The fourth-order valence-electron chi connectivity index (χ4n) is 3.83. The summed E-state index contributed by atoms with van der Waals surface area (Å²) in [4.78, 5) is 26.3. The molecule has 3 heterocycles. The predicted molar refractivity (Wildman–Crippen MR) is 102 cm³/mol. The Morgan fingerprint density at radius 3 is 2.82 bits per heavy atom. The zero-order chi connectivity index (χ0) is 19.7. The van der Waals surface area contributed by atoms with Crippen LogP contribution in [0.3, 0.4) is 0 Å². The van der Waals surface area contributed by atoms with E-state index >= 15 is 0 Å². The first-order valence-corrected chi connectivity index (χ1v) is 9.67. The number of aromatic nitrogens is 3. The maximum absolute atomic E-state index is 12.7. The van der Waals surface area contributed by atoms with E-state index in [0.29, 0.717) is 25.4 Å². The molecule has 9 heteroatoms. The summed E-state index contributed by atoms with van der Waals surface area (Å²) in [7, 11) is 0. The van der Waals surface area contributed by atoms with Crippen LogP contribution in [0, 0.1) is 0 Å². The van der Waals surface area contributed by atoms with Gasteiger partial charge in [-0.3, -0.25) is 4.57 Å². The fourth-order valence-corrected chi connectivity index (χ4v) is 3.83. The number of carbonyl (C=O) groups is 1. The molecule has 1 aromatic heterocycles. The van der Waals surface area contributed by atoms with Crippen molar-refractivity contribution in [3.05, 3.63) is 40.1 Å². The van der Waals surface area contributed by atoms with Crippen LogP contribution >= 0.6 is 0 Å². The number of H-pyrrole nitrogens is 1. The SMILES string of the molecule is CCn1c(C2CCN(C(=O)NC(C)c3ccc4c(c3)OCO4)CC2)n[nH]c1=O. The first kappa shape index (κ1) is 18.4. The van der Waals surface area contributed by atoms with Crippen LogP contribution in [0.25, 0.3) is 0 Å². The van der Waals surface area contributed by atoms with Gasteiger partial charge in [-0.05, 0) is 44.4 Å². The Morgan fingerprint density at radius 2 is 2.07 bits per heavy atom. The average molecular weight is 387 g/mol. The number of ether oxygens (including phenoxy) is 2. The lowest BCUT2D eigenvalue weighted by Gasteiger charge is -2.32. The Kier molecular flexibility index (Phi) is 4.97. The molecule has 0 saturated carbocycles. The van der Waals surface area contributed by atoms with Crippen LogP contribution < -0.4 is 20.5 Å². The molecule has 0 radical (unpaired) electrons. The normalized spacial score (nSPS) is 17.6. The maximum Gasteiger partial charge on any atom is 0.343 e. The van der Waals surface area contributed by atoms with Gasteiger partial charge in [0.05, 0.1) is 6.04 Å². The number of hydrogen-bond donors (Lipinski definition) is 2. The second-order valence-corrected chi connectivity index (χ2v) is 7.18. The highest BCUT2D eigenvalue weighted by Gasteiger charge is 2.28. The number of likely N-dealkylation sites (tertiary alicyclic amines) is 1. The molecule has 0 bridgehead atoms. The van der Waals surface area contributed by atoms with Gasteiger partial charge in [-0.1, -0.05) is 6.07 Å². The average Bonchev–Trinajstić information content (AvgIpc) is 3.33. The van der Waals surface area contributed by atoms with Gasteiger partial charge in [-0.15, -0.1) is 0 Å². The molecule has 1 unspecified atom stereocenters. The van der Waals surface area contributed by atoms with E-state index in [0.717, 1.165) is 30.0 Å². The molecule has 2 amide bonds. The molecule has 2 aliphatic heterocycles. The van der Waals surface area contributed by atoms with E-state index in [1.807, 2.05) is 36.9 Å². The summed E-state index contributed by atoms with van der Waals surface area (Å²) in [5, 5.41) is 9.76. The number of hydrogen-bond acceptors (Lipinski definition) is 5. The lowest BCUT2D eigenvalue weighted by Crippen LogP contribution is -2.45. The Balaban J connectivity index is 1.34. The zero-order valence-electron chi connectivity index (χ0n) is 16.1. The minimum atomic E-state index is -0.171. The van der Waals surface area contributed by atoms with Crippen molar-refractivity contribution in [2.24, 2.45) is 0 Å². The fraction of sp³-hybridized carbons (Fsp3) is 0.526. The number of fused-ring (bicyclic) bond motifs is 1. The minimum Gasteiger partial charge on any atom is -0.454 e. The monoisotopic (exact) mass is 387 g/mol. The Morgan fingerprint density at radius 1 is 1.32 bits per heavy atom. The van der Waals surface area contributed by atoms with Gasteiger partial charge in [0.15, 0.2) is 11.5 Å². The summed E-state index contributed by atoms with van der Waals surface area (Å²) in [6.45, 7) is 5.98. The molecule has 0 spiro atoms. The summed E-state index contributed by atoms with van der Waals surface area (Å²) in [6.07, 6.45) is 1.58. The smallest absolute Gasteiger partial charge is 0.343 e. The molecule has 2 aliphatic rings. The number of aromatic amines is 1. The second-order valence-electron chi connectivity index (χ2n) is 7.18. The lowest BCUT2D eigenvalue weighted by molar-refractivity contribution is 0.173. The van der Waals surface area contributed by atoms with E-state index in [1.54, 1.807) is 4.57 Å². The van der Waals surface area contributed by atoms with Crippen LogP contribution in [0.2, 0.25) is 0 Å². The van der Waals surface area contributed by atoms with Crippen molar-refractivity contribution < 1.29 is 14.3 Å². The van der Waals surface area contributed by atoms with E-state index in [-0.39, 0.29) is 30.5 Å². The molecule has 2 aromatic rings. The quantitative estimate of drug-likeness (QED) is 0.835. The van der Waals surface area contributed by atoms with Crippen molar-refractivity contribution >= 4 is 6.03 Å². The highest BCUT2D eigenvalue weighted by Crippen LogP contribution is 2.34. The van der Waals surface area contributed by atoms with Gasteiger partial charge in [0.2, 0.25) is 6.79 Å². The highest BCUT2D eigenvalue weighted by molar-refractivity contribution is 5.74. The Labute approximate surface area is 162 Å². The predicted octanol–water partition coefficient (Wildman–Crippen LogP) is 1.97. The molecule has 28 heavy (non-hydrogen) atoms. The largest absolute Gasteiger partial charge is 0.454 e. The molecule has 2 N–H and O–H groups in total. The summed E-state index contributed by atoms with van der Waals surface area (Å²) in [5.74, 6) is 2.42. The van der Waals surface area contributed by atoms with Crippen LogP contribution in [0.4, 0.5) is 4.79 Å². The van der Waals surface area contributed by atoms with Gasteiger partial charge < -0.3 is 19.7 Å². The van der Waals surface area contributed by atoms with Gasteiger partial charge >= 0.3 is 11.7 Å². The lowest BCUT2D eigenvalue weighted by atomic mass is 9.96. The molecular weight excluding hydrogens is 362 g/mol. The van der Waals surface area contributed by atoms with Crippen LogP contribution in [-0.2, 0) is 6.54 Å². The molecule has 9 nitrogen and oxygen atoms in total. The van der Waals surface area contributed by atoms with Gasteiger partial charge in [-0.25, -0.2) is 14.7 Å². The topological polar surface area (TPSA) is 101 Å². The van der Waals surface area contributed by atoms with Crippen LogP contribution in [0.15, 0.2) is 23.0 Å². The van der Waals surface area contributed by atoms with E-state index in [1.165, 1.54) is 0 Å². The summed E-state index contributed by atoms with van der Waals surface area (Å²) < 4.78 is 12.4. The summed E-state index contributed by atoms with van der Waals surface area (Å²) in [5.41, 5.74) is 0.797.